The van der Waals surface area contributed by atoms with Crippen LogP contribution < -0.4 is 0 Å². The van der Waals surface area contributed by atoms with Crippen LogP contribution in [0.25, 0.3) is 0 Å². The van der Waals surface area contributed by atoms with Crippen LogP contribution in [0.1, 0.15) is 39.2 Å². The molecule has 6 heteroatoms. The Hall–Kier alpha value is -1.46. The van der Waals surface area contributed by atoms with Crippen molar-refractivity contribution in [2.75, 3.05) is 13.7 Å². The van der Waals surface area contributed by atoms with Crippen molar-refractivity contribution in [3.63, 3.8) is 0 Å². The molecule has 0 saturated heterocycles. The fourth-order valence-electron chi connectivity index (χ4n) is 3.04. The number of amides is 1. The quantitative estimate of drug-likeness (QED) is 0.393. The first-order chi connectivity index (χ1) is 14.8. The van der Waals surface area contributed by atoms with Gasteiger partial charge < -0.3 is 9.64 Å². The van der Waals surface area contributed by atoms with Crippen molar-refractivity contribution in [2.24, 2.45) is 5.92 Å². The Balaban J connectivity index is 2.31. The molecule has 1 aromatic carbocycles. The molecular formula is C25H31Cl2NO2S. The van der Waals surface area contributed by atoms with Gasteiger partial charge in [0, 0.05) is 34.2 Å². The van der Waals surface area contributed by atoms with Crippen molar-refractivity contribution in [3.05, 3.63) is 80.9 Å². The summed E-state index contributed by atoms with van der Waals surface area (Å²) >= 11 is 14.4. The van der Waals surface area contributed by atoms with Crippen molar-refractivity contribution >= 4 is 40.9 Å². The van der Waals surface area contributed by atoms with Crippen LogP contribution in [0.4, 0.5) is 0 Å². The molecule has 1 aliphatic carbocycles. The van der Waals surface area contributed by atoms with Gasteiger partial charge in [0.05, 0.1) is 18.9 Å². The van der Waals surface area contributed by atoms with Gasteiger partial charge in [0.25, 0.3) is 0 Å². The third-order valence-corrected chi connectivity index (χ3v) is 6.93. The summed E-state index contributed by atoms with van der Waals surface area (Å²) in [5, 5.41) is 1.54. The van der Waals surface area contributed by atoms with Gasteiger partial charge in [0.1, 0.15) is 0 Å². The van der Waals surface area contributed by atoms with Gasteiger partial charge in [-0.1, -0.05) is 85.6 Å². The summed E-state index contributed by atoms with van der Waals surface area (Å²) in [5.41, 5.74) is 1.98. The Morgan fingerprint density at radius 1 is 1.26 bits per heavy atom. The van der Waals surface area contributed by atoms with E-state index < -0.39 is 0 Å². The molecule has 0 radical (unpaired) electrons. The predicted octanol–water partition coefficient (Wildman–Crippen LogP) is 7.25. The van der Waals surface area contributed by atoms with Gasteiger partial charge in [-0.05, 0) is 30.4 Å². The topological polar surface area (TPSA) is 29.5 Å². The smallest absolute Gasteiger partial charge is 0.223 e. The Morgan fingerprint density at radius 3 is 2.61 bits per heavy atom. The van der Waals surface area contributed by atoms with E-state index in [2.05, 4.69) is 26.0 Å². The zero-order valence-electron chi connectivity index (χ0n) is 18.6. The van der Waals surface area contributed by atoms with E-state index in [9.17, 15) is 4.79 Å². The molecule has 168 valence electrons. The van der Waals surface area contributed by atoms with E-state index in [4.69, 9.17) is 27.9 Å². The molecule has 2 rings (SSSR count). The summed E-state index contributed by atoms with van der Waals surface area (Å²) in [6, 6.07) is 10.0. The zero-order valence-corrected chi connectivity index (χ0v) is 20.9. The Morgan fingerprint density at radius 2 is 1.97 bits per heavy atom. The van der Waals surface area contributed by atoms with Crippen molar-refractivity contribution in [3.8, 4) is 0 Å². The summed E-state index contributed by atoms with van der Waals surface area (Å²) < 4.78 is 6.02. The second-order valence-electron chi connectivity index (χ2n) is 7.70. The van der Waals surface area contributed by atoms with E-state index >= 15 is 0 Å². The van der Waals surface area contributed by atoms with Crippen LogP contribution >= 0.6 is 35.0 Å². The fourth-order valence-corrected chi connectivity index (χ4v) is 4.83. The number of rotatable bonds is 8. The van der Waals surface area contributed by atoms with Crippen LogP contribution in [0.15, 0.2) is 75.3 Å². The number of ether oxygens (including phenoxy) is 1. The molecule has 0 aliphatic heterocycles. The highest BCUT2D eigenvalue weighted by Gasteiger charge is 2.21. The lowest BCUT2D eigenvalue weighted by molar-refractivity contribution is -0.126. The first-order valence-electron chi connectivity index (χ1n) is 10.4. The van der Waals surface area contributed by atoms with Gasteiger partial charge in [-0.25, -0.2) is 0 Å². The van der Waals surface area contributed by atoms with E-state index in [-0.39, 0.29) is 17.1 Å². The molecule has 0 fully saturated rings. The highest BCUT2D eigenvalue weighted by Crippen LogP contribution is 2.35. The number of benzene rings is 1. The zero-order chi connectivity index (χ0) is 22.8. The van der Waals surface area contributed by atoms with Crippen LogP contribution in [-0.2, 0) is 16.1 Å². The lowest BCUT2D eigenvalue weighted by Crippen LogP contribution is -2.28. The summed E-state index contributed by atoms with van der Waals surface area (Å²) in [6.45, 7) is 6.66. The summed E-state index contributed by atoms with van der Waals surface area (Å²) in [5.74, 6) is 0.183. The predicted molar refractivity (Wildman–Crippen MR) is 134 cm³/mol. The second-order valence-corrected chi connectivity index (χ2v) is 9.85. The highest BCUT2D eigenvalue weighted by atomic mass is 35.5. The number of thioether (sulfide) groups is 1. The van der Waals surface area contributed by atoms with E-state index in [0.29, 0.717) is 18.2 Å². The Kier molecular flexibility index (Phi) is 11.0. The van der Waals surface area contributed by atoms with Crippen LogP contribution in [0.3, 0.4) is 0 Å². The summed E-state index contributed by atoms with van der Waals surface area (Å²) in [7, 11) is 1.80. The summed E-state index contributed by atoms with van der Waals surface area (Å²) in [6.07, 6.45) is 9.59. The maximum absolute atomic E-state index is 12.2. The highest BCUT2D eigenvalue weighted by molar-refractivity contribution is 8.04. The molecule has 0 spiro atoms. The number of hydrogen-bond acceptors (Lipinski definition) is 3. The SMILES string of the molecule is CC(=O)N(C)/C(COCc1ccccc1)=C(/SC1C=C/C(Cl)=C\CC/C(Cl)=C\1)C(C)C. The van der Waals surface area contributed by atoms with Gasteiger partial charge in [0.15, 0.2) is 0 Å². The lowest BCUT2D eigenvalue weighted by atomic mass is 10.1. The lowest BCUT2D eigenvalue weighted by Gasteiger charge is -2.26. The number of hydrogen-bond donors (Lipinski definition) is 0. The van der Waals surface area contributed by atoms with E-state index in [1.165, 1.54) is 0 Å². The third kappa shape index (κ3) is 8.89. The molecule has 0 heterocycles. The van der Waals surface area contributed by atoms with Crippen molar-refractivity contribution in [1.82, 2.24) is 4.90 Å². The molecule has 3 nitrogen and oxygen atoms in total. The van der Waals surface area contributed by atoms with Gasteiger partial charge in [-0.3, -0.25) is 4.79 Å². The molecule has 1 amide bonds. The second kappa shape index (κ2) is 13.2. The van der Waals surface area contributed by atoms with Gasteiger partial charge in [-0.2, -0.15) is 0 Å². The van der Waals surface area contributed by atoms with Gasteiger partial charge >= 0.3 is 0 Å². The molecule has 1 atom stereocenters. The van der Waals surface area contributed by atoms with E-state index in [0.717, 1.165) is 34.0 Å². The maximum atomic E-state index is 12.2. The molecule has 1 aromatic rings. The average molecular weight is 481 g/mol. The van der Waals surface area contributed by atoms with Crippen molar-refractivity contribution in [1.29, 1.82) is 0 Å². The number of nitrogens with zero attached hydrogens (tertiary/aromatic N) is 1. The van der Waals surface area contributed by atoms with E-state index in [1.807, 2.05) is 42.5 Å². The Bertz CT molecular complexity index is 860. The minimum absolute atomic E-state index is 0.00892. The first-order valence-corrected chi connectivity index (χ1v) is 12.1. The normalized spacial score (nSPS) is 21.2. The molecule has 0 N–H and O–H groups in total. The molecule has 0 bridgehead atoms. The standard InChI is InChI=1S/C25H31Cl2NO2S/c1-18(2)25(31-23-14-13-21(26)11-8-12-22(27)15-23)24(28(4)19(3)29)17-30-16-20-9-6-5-7-10-20/h5-7,9-11,13-15,18,23H,8,12,16-17H2,1-4H3/b14-13?,21-11+,22-15+,25-24+. The molecule has 1 unspecified atom stereocenters. The van der Waals surface area contributed by atoms with Crippen LogP contribution in [-0.4, -0.2) is 29.7 Å². The number of halogens is 2. The largest absolute Gasteiger partial charge is 0.371 e. The summed E-state index contributed by atoms with van der Waals surface area (Å²) in [4.78, 5) is 15.0. The number of allylic oxidation sites excluding steroid dienone is 5. The maximum Gasteiger partial charge on any atom is 0.223 e. The van der Waals surface area contributed by atoms with Crippen LogP contribution in [0.5, 0.6) is 0 Å². The number of carbonyl (C=O) groups is 1. The first kappa shape index (κ1) is 25.8. The van der Waals surface area contributed by atoms with Crippen molar-refractivity contribution < 1.29 is 9.53 Å². The molecule has 31 heavy (non-hydrogen) atoms. The number of likely N-dealkylation sites (N-methyl/N-ethyl adjacent to an activating group) is 1. The van der Waals surface area contributed by atoms with Crippen LogP contribution in [0, 0.1) is 5.92 Å². The molecule has 0 aromatic heterocycles. The minimum atomic E-state index is -0.0263. The fraction of sp³-hybridized carbons (Fsp3) is 0.400. The Labute approximate surface area is 200 Å². The minimum Gasteiger partial charge on any atom is -0.371 e. The van der Waals surface area contributed by atoms with E-state index in [1.54, 1.807) is 30.6 Å². The molecule has 1 aliphatic rings. The molecule has 0 saturated carbocycles. The van der Waals surface area contributed by atoms with Gasteiger partial charge in [-0.15, -0.1) is 11.8 Å². The average Bonchev–Trinajstić information content (AvgIpc) is 2.80. The van der Waals surface area contributed by atoms with Gasteiger partial charge in [0.2, 0.25) is 5.91 Å². The monoisotopic (exact) mass is 479 g/mol. The third-order valence-electron chi connectivity index (χ3n) is 4.81. The molecular weight excluding hydrogens is 449 g/mol. The number of carbonyl (C=O) groups excluding carboxylic acids is 1. The van der Waals surface area contributed by atoms with Crippen LogP contribution in [0.2, 0.25) is 0 Å². The van der Waals surface area contributed by atoms with Crippen molar-refractivity contribution in [2.45, 2.75) is 45.5 Å².